The largest absolute Gasteiger partial charge is 0.308 e. The molecule has 0 atom stereocenters. The molecule has 6 heteroatoms. The summed E-state index contributed by atoms with van der Waals surface area (Å²) in [7, 11) is 0. The molecule has 0 fully saturated rings. The van der Waals surface area contributed by atoms with Gasteiger partial charge in [-0.25, -0.2) is 9.67 Å². The Labute approximate surface area is 126 Å². The number of hydrogen-bond donors (Lipinski definition) is 1. The van der Waals surface area contributed by atoms with E-state index >= 15 is 0 Å². The second kappa shape index (κ2) is 5.61. The lowest BCUT2D eigenvalue weighted by molar-refractivity contribution is 0.424. The normalized spacial score (nSPS) is 11.8. The van der Waals surface area contributed by atoms with Crippen LogP contribution in [-0.4, -0.2) is 20.3 Å². The van der Waals surface area contributed by atoms with Gasteiger partial charge in [-0.1, -0.05) is 11.6 Å². The molecule has 19 heavy (non-hydrogen) atoms. The van der Waals surface area contributed by atoms with E-state index < -0.39 is 0 Å². The third kappa shape index (κ3) is 4.03. The van der Waals surface area contributed by atoms with Crippen LogP contribution in [0.1, 0.15) is 26.3 Å². The van der Waals surface area contributed by atoms with Gasteiger partial charge in [0, 0.05) is 24.5 Å². The average Bonchev–Trinajstić information content (AvgIpc) is 2.72. The lowest BCUT2D eigenvalue weighted by Gasteiger charge is -2.20. The fraction of sp³-hybridized carbons (Fsp3) is 0.385. The van der Waals surface area contributed by atoms with E-state index in [4.69, 9.17) is 11.6 Å². The number of pyridine rings is 1. The van der Waals surface area contributed by atoms with Gasteiger partial charge >= 0.3 is 0 Å². The molecule has 0 amide bonds. The summed E-state index contributed by atoms with van der Waals surface area (Å²) in [5.74, 6) is 0.631. The van der Waals surface area contributed by atoms with E-state index in [0.717, 1.165) is 16.6 Å². The van der Waals surface area contributed by atoms with Crippen LogP contribution in [0.25, 0.3) is 5.82 Å². The quantitative estimate of drug-likeness (QED) is 0.926. The number of nitrogens with one attached hydrogen (secondary N) is 1. The van der Waals surface area contributed by atoms with Gasteiger partial charge in [0.05, 0.1) is 15.7 Å². The van der Waals surface area contributed by atoms with Gasteiger partial charge in [0.15, 0.2) is 5.82 Å². The molecular formula is C13H16BrClN4. The first kappa shape index (κ1) is 14.5. The van der Waals surface area contributed by atoms with E-state index in [0.29, 0.717) is 10.8 Å². The first-order chi connectivity index (χ1) is 8.85. The summed E-state index contributed by atoms with van der Waals surface area (Å²) in [5.41, 5.74) is 1.12. The summed E-state index contributed by atoms with van der Waals surface area (Å²) < 4.78 is 2.54. The van der Waals surface area contributed by atoms with Crippen molar-refractivity contribution in [1.82, 2.24) is 20.1 Å². The summed E-state index contributed by atoms with van der Waals surface area (Å²) in [6.45, 7) is 7.10. The summed E-state index contributed by atoms with van der Waals surface area (Å²) in [4.78, 5) is 4.37. The van der Waals surface area contributed by atoms with E-state index in [1.807, 2.05) is 18.5 Å². The highest BCUT2D eigenvalue weighted by molar-refractivity contribution is 9.10. The van der Waals surface area contributed by atoms with Crippen molar-refractivity contribution in [2.75, 3.05) is 0 Å². The van der Waals surface area contributed by atoms with Crippen molar-refractivity contribution in [2.24, 2.45) is 0 Å². The zero-order valence-electron chi connectivity index (χ0n) is 11.1. The van der Waals surface area contributed by atoms with Gasteiger partial charge in [0.2, 0.25) is 0 Å². The highest BCUT2D eigenvalue weighted by Gasteiger charge is 2.11. The smallest absolute Gasteiger partial charge is 0.172 e. The fourth-order valence-electron chi connectivity index (χ4n) is 1.52. The van der Waals surface area contributed by atoms with Crippen LogP contribution in [-0.2, 0) is 6.54 Å². The van der Waals surface area contributed by atoms with E-state index in [1.165, 1.54) is 0 Å². The predicted octanol–water partition coefficient (Wildman–Crippen LogP) is 3.57. The van der Waals surface area contributed by atoms with Crippen molar-refractivity contribution in [3.8, 4) is 5.82 Å². The summed E-state index contributed by atoms with van der Waals surface area (Å²) >= 11 is 9.61. The number of aromatic nitrogens is 3. The molecule has 2 rings (SSSR count). The van der Waals surface area contributed by atoms with Gasteiger partial charge in [-0.05, 0) is 48.3 Å². The van der Waals surface area contributed by atoms with Crippen molar-refractivity contribution in [2.45, 2.75) is 32.9 Å². The molecule has 0 radical (unpaired) electrons. The van der Waals surface area contributed by atoms with Gasteiger partial charge < -0.3 is 5.32 Å². The second-order valence-corrected chi connectivity index (χ2v) is 6.68. The van der Waals surface area contributed by atoms with Gasteiger partial charge in [-0.3, -0.25) is 0 Å². The standard InChI is InChI=1S/C13H16BrClN4/c1-13(2,3)17-6-9-4-11(15)12(16-5-9)19-8-10(14)7-18-19/h4-5,7-8,17H,6H2,1-3H3. The van der Waals surface area contributed by atoms with Gasteiger partial charge in [-0.2, -0.15) is 5.10 Å². The van der Waals surface area contributed by atoms with Crippen LogP contribution in [0.5, 0.6) is 0 Å². The van der Waals surface area contributed by atoms with E-state index in [9.17, 15) is 0 Å². The molecule has 0 spiro atoms. The lowest BCUT2D eigenvalue weighted by atomic mass is 10.1. The van der Waals surface area contributed by atoms with Crippen LogP contribution in [0.15, 0.2) is 29.1 Å². The third-order valence-corrected chi connectivity index (χ3v) is 3.16. The molecular weight excluding hydrogens is 328 g/mol. The molecule has 0 saturated carbocycles. The SMILES string of the molecule is CC(C)(C)NCc1cnc(-n2cc(Br)cn2)c(Cl)c1. The molecule has 0 bridgehead atoms. The Balaban J connectivity index is 2.18. The second-order valence-electron chi connectivity index (χ2n) is 5.36. The molecule has 2 aromatic rings. The number of rotatable bonds is 3. The Morgan fingerprint density at radius 1 is 1.37 bits per heavy atom. The molecule has 0 unspecified atom stereocenters. The molecule has 1 N–H and O–H groups in total. The van der Waals surface area contributed by atoms with Gasteiger partial charge in [0.1, 0.15) is 0 Å². The van der Waals surface area contributed by atoms with Crippen LogP contribution in [0.4, 0.5) is 0 Å². The van der Waals surface area contributed by atoms with Gasteiger partial charge in [-0.15, -0.1) is 0 Å². The molecule has 102 valence electrons. The summed E-state index contributed by atoms with van der Waals surface area (Å²) in [6.07, 6.45) is 5.34. The Kier molecular flexibility index (Phi) is 4.28. The van der Waals surface area contributed by atoms with E-state index in [-0.39, 0.29) is 5.54 Å². The zero-order valence-corrected chi connectivity index (χ0v) is 13.5. The lowest BCUT2D eigenvalue weighted by Crippen LogP contribution is -2.35. The Morgan fingerprint density at radius 2 is 2.11 bits per heavy atom. The zero-order chi connectivity index (χ0) is 14.0. The Hall–Kier alpha value is -0.910. The number of halogens is 2. The van der Waals surface area contributed by atoms with Crippen molar-refractivity contribution in [1.29, 1.82) is 0 Å². The Bertz CT molecular complexity index is 574. The highest BCUT2D eigenvalue weighted by atomic mass is 79.9. The minimum absolute atomic E-state index is 0.0675. The fourth-order valence-corrected chi connectivity index (χ4v) is 2.08. The maximum absolute atomic E-state index is 6.26. The van der Waals surface area contributed by atoms with Crippen molar-refractivity contribution < 1.29 is 0 Å². The van der Waals surface area contributed by atoms with E-state index in [2.05, 4.69) is 52.1 Å². The summed E-state index contributed by atoms with van der Waals surface area (Å²) in [6, 6.07) is 1.91. The highest BCUT2D eigenvalue weighted by Crippen LogP contribution is 2.20. The van der Waals surface area contributed by atoms with Gasteiger partial charge in [0.25, 0.3) is 0 Å². The van der Waals surface area contributed by atoms with Crippen molar-refractivity contribution in [3.05, 3.63) is 39.7 Å². The molecule has 0 aliphatic heterocycles. The van der Waals surface area contributed by atoms with Crippen LogP contribution >= 0.6 is 27.5 Å². The molecule has 0 aliphatic carbocycles. The topological polar surface area (TPSA) is 42.7 Å². The third-order valence-electron chi connectivity index (χ3n) is 2.47. The monoisotopic (exact) mass is 342 g/mol. The van der Waals surface area contributed by atoms with Crippen LogP contribution < -0.4 is 5.32 Å². The maximum Gasteiger partial charge on any atom is 0.172 e. The minimum Gasteiger partial charge on any atom is -0.308 e. The van der Waals surface area contributed by atoms with Crippen LogP contribution in [0, 0.1) is 0 Å². The number of hydrogen-bond acceptors (Lipinski definition) is 3. The molecule has 2 heterocycles. The molecule has 2 aromatic heterocycles. The van der Waals surface area contributed by atoms with Crippen LogP contribution in [0.2, 0.25) is 5.02 Å². The first-order valence-electron chi connectivity index (χ1n) is 5.95. The molecule has 4 nitrogen and oxygen atoms in total. The molecule has 0 aromatic carbocycles. The molecule has 0 saturated heterocycles. The maximum atomic E-state index is 6.26. The Morgan fingerprint density at radius 3 is 2.63 bits per heavy atom. The predicted molar refractivity (Wildman–Crippen MR) is 80.7 cm³/mol. The average molecular weight is 344 g/mol. The van der Waals surface area contributed by atoms with Crippen molar-refractivity contribution in [3.63, 3.8) is 0 Å². The minimum atomic E-state index is 0.0675. The van der Waals surface area contributed by atoms with Crippen molar-refractivity contribution >= 4 is 27.5 Å². The number of nitrogens with zero attached hydrogens (tertiary/aromatic N) is 3. The summed E-state index contributed by atoms with van der Waals surface area (Å²) in [5, 5.41) is 8.16. The van der Waals surface area contributed by atoms with E-state index in [1.54, 1.807) is 10.9 Å². The molecule has 0 aliphatic rings. The van der Waals surface area contributed by atoms with Crippen LogP contribution in [0.3, 0.4) is 0 Å². The first-order valence-corrected chi connectivity index (χ1v) is 7.12.